The summed E-state index contributed by atoms with van der Waals surface area (Å²) in [5, 5.41) is 3.92. The maximum atomic E-state index is 6.23. The van der Waals surface area contributed by atoms with Crippen LogP contribution in [-0.2, 0) is 0 Å². The minimum Gasteiger partial charge on any atom is -0.369 e. The number of anilines is 1. The first-order valence-electron chi connectivity index (χ1n) is 7.13. The summed E-state index contributed by atoms with van der Waals surface area (Å²) in [6.07, 6.45) is 5.11. The molecule has 2 heterocycles. The van der Waals surface area contributed by atoms with Gasteiger partial charge in [0.05, 0.1) is 15.2 Å². The van der Waals surface area contributed by atoms with Crippen molar-refractivity contribution >= 4 is 33.3 Å². The standard InChI is InChI=1S/C15H16BrClN4/c1-2-7-19-14-11(16)12(9-5-6-9)20-15(21-14)13-10(17)4-3-8-18-13/h3-4,8-9H,2,5-7H2,1H3,(H,19,20,21). The molecule has 0 bridgehead atoms. The topological polar surface area (TPSA) is 50.7 Å². The highest BCUT2D eigenvalue weighted by molar-refractivity contribution is 9.10. The third-order valence-corrected chi connectivity index (χ3v) is 4.44. The van der Waals surface area contributed by atoms with E-state index in [1.807, 2.05) is 12.1 Å². The van der Waals surface area contributed by atoms with Crippen LogP contribution in [0.1, 0.15) is 37.8 Å². The van der Waals surface area contributed by atoms with Gasteiger partial charge >= 0.3 is 0 Å². The molecule has 2 aromatic heterocycles. The molecule has 0 saturated heterocycles. The molecule has 1 aliphatic carbocycles. The fraction of sp³-hybridized carbons (Fsp3) is 0.400. The Morgan fingerprint density at radius 2 is 2.19 bits per heavy atom. The minimum absolute atomic E-state index is 0.519. The molecule has 2 aromatic rings. The van der Waals surface area contributed by atoms with Gasteiger partial charge in [0.15, 0.2) is 5.82 Å². The Labute approximate surface area is 137 Å². The molecule has 0 amide bonds. The summed E-state index contributed by atoms with van der Waals surface area (Å²) < 4.78 is 0.967. The summed E-state index contributed by atoms with van der Waals surface area (Å²) in [5.41, 5.74) is 1.69. The third-order valence-electron chi connectivity index (χ3n) is 3.35. The van der Waals surface area contributed by atoms with Gasteiger partial charge in [0.2, 0.25) is 0 Å². The van der Waals surface area contributed by atoms with E-state index in [4.69, 9.17) is 11.6 Å². The average Bonchev–Trinajstić information content (AvgIpc) is 3.31. The number of hydrogen-bond acceptors (Lipinski definition) is 4. The molecule has 1 saturated carbocycles. The predicted octanol–water partition coefficient (Wildman–Crippen LogP) is 4.65. The van der Waals surface area contributed by atoms with Gasteiger partial charge in [-0.2, -0.15) is 0 Å². The van der Waals surface area contributed by atoms with Crippen molar-refractivity contribution in [1.82, 2.24) is 15.0 Å². The zero-order chi connectivity index (χ0) is 14.8. The highest BCUT2D eigenvalue weighted by Crippen LogP contribution is 2.44. The molecule has 0 aromatic carbocycles. The average molecular weight is 368 g/mol. The monoisotopic (exact) mass is 366 g/mol. The molecule has 1 aliphatic rings. The van der Waals surface area contributed by atoms with Gasteiger partial charge in [-0.3, -0.25) is 4.98 Å². The predicted molar refractivity (Wildman–Crippen MR) is 88.7 cm³/mol. The van der Waals surface area contributed by atoms with Crippen LogP contribution in [-0.4, -0.2) is 21.5 Å². The van der Waals surface area contributed by atoms with Crippen LogP contribution in [0.25, 0.3) is 11.5 Å². The summed E-state index contributed by atoms with van der Waals surface area (Å²) in [5.74, 6) is 1.93. The maximum absolute atomic E-state index is 6.23. The van der Waals surface area contributed by atoms with Gasteiger partial charge in [0.25, 0.3) is 0 Å². The van der Waals surface area contributed by atoms with Crippen LogP contribution >= 0.6 is 27.5 Å². The molecule has 0 spiro atoms. The lowest BCUT2D eigenvalue weighted by atomic mass is 10.2. The van der Waals surface area contributed by atoms with Gasteiger partial charge < -0.3 is 5.32 Å². The van der Waals surface area contributed by atoms with Crippen molar-refractivity contribution in [2.24, 2.45) is 0 Å². The largest absolute Gasteiger partial charge is 0.369 e. The molecule has 1 N–H and O–H groups in total. The van der Waals surface area contributed by atoms with E-state index in [9.17, 15) is 0 Å². The first-order valence-corrected chi connectivity index (χ1v) is 8.30. The van der Waals surface area contributed by atoms with E-state index >= 15 is 0 Å². The van der Waals surface area contributed by atoms with E-state index in [1.165, 1.54) is 12.8 Å². The van der Waals surface area contributed by atoms with Crippen LogP contribution in [0.15, 0.2) is 22.8 Å². The Kier molecular flexibility index (Phi) is 4.40. The quantitative estimate of drug-likeness (QED) is 0.835. The zero-order valence-corrected chi connectivity index (χ0v) is 14.1. The van der Waals surface area contributed by atoms with Crippen LogP contribution in [0, 0.1) is 0 Å². The first-order chi connectivity index (χ1) is 10.2. The molecular weight excluding hydrogens is 352 g/mol. The molecular formula is C15H16BrClN4. The number of nitrogens with zero attached hydrogens (tertiary/aromatic N) is 3. The van der Waals surface area contributed by atoms with Gasteiger partial charge in [-0.25, -0.2) is 9.97 Å². The van der Waals surface area contributed by atoms with Crippen molar-refractivity contribution in [2.75, 3.05) is 11.9 Å². The second kappa shape index (κ2) is 6.28. The summed E-state index contributed by atoms with van der Waals surface area (Å²) in [6.45, 7) is 3.00. The number of rotatable bonds is 5. The number of pyridine rings is 1. The van der Waals surface area contributed by atoms with E-state index < -0.39 is 0 Å². The number of hydrogen-bond donors (Lipinski definition) is 1. The van der Waals surface area contributed by atoms with Crippen LogP contribution in [0.5, 0.6) is 0 Å². The summed E-state index contributed by atoms with van der Waals surface area (Å²) >= 11 is 9.86. The Morgan fingerprint density at radius 3 is 2.86 bits per heavy atom. The van der Waals surface area contributed by atoms with Crippen LogP contribution < -0.4 is 5.32 Å². The van der Waals surface area contributed by atoms with Crippen molar-refractivity contribution in [1.29, 1.82) is 0 Å². The van der Waals surface area contributed by atoms with Crippen molar-refractivity contribution in [3.63, 3.8) is 0 Å². The Morgan fingerprint density at radius 1 is 1.38 bits per heavy atom. The van der Waals surface area contributed by atoms with Crippen molar-refractivity contribution in [3.05, 3.63) is 33.5 Å². The molecule has 6 heteroatoms. The molecule has 0 aliphatic heterocycles. The third kappa shape index (κ3) is 3.19. The lowest BCUT2D eigenvalue weighted by Crippen LogP contribution is -2.07. The van der Waals surface area contributed by atoms with Crippen LogP contribution in [0.3, 0.4) is 0 Å². The highest BCUT2D eigenvalue weighted by atomic mass is 79.9. The van der Waals surface area contributed by atoms with Gasteiger partial charge in [-0.15, -0.1) is 0 Å². The van der Waals surface area contributed by atoms with E-state index in [0.29, 0.717) is 22.5 Å². The fourth-order valence-electron chi connectivity index (χ4n) is 2.11. The molecule has 4 nitrogen and oxygen atoms in total. The maximum Gasteiger partial charge on any atom is 0.182 e. The molecule has 1 fully saturated rings. The number of nitrogens with one attached hydrogen (secondary N) is 1. The van der Waals surface area contributed by atoms with Crippen molar-refractivity contribution in [2.45, 2.75) is 32.1 Å². The van der Waals surface area contributed by atoms with E-state index in [-0.39, 0.29) is 0 Å². The Bertz CT molecular complexity index is 658. The first kappa shape index (κ1) is 14.7. The summed E-state index contributed by atoms with van der Waals surface area (Å²) in [7, 11) is 0. The summed E-state index contributed by atoms with van der Waals surface area (Å²) in [4.78, 5) is 13.6. The van der Waals surface area contributed by atoms with Crippen LogP contribution in [0.2, 0.25) is 5.02 Å². The Balaban J connectivity index is 2.08. The second-order valence-electron chi connectivity index (χ2n) is 5.13. The van der Waals surface area contributed by atoms with Gasteiger partial charge in [0.1, 0.15) is 11.5 Å². The second-order valence-corrected chi connectivity index (χ2v) is 6.33. The summed E-state index contributed by atoms with van der Waals surface area (Å²) in [6, 6.07) is 3.62. The normalized spacial score (nSPS) is 14.2. The van der Waals surface area contributed by atoms with E-state index in [1.54, 1.807) is 6.20 Å². The van der Waals surface area contributed by atoms with Gasteiger partial charge in [-0.05, 0) is 47.3 Å². The van der Waals surface area contributed by atoms with Crippen molar-refractivity contribution < 1.29 is 0 Å². The number of halogens is 2. The molecule has 3 rings (SSSR count). The lowest BCUT2D eigenvalue weighted by Gasteiger charge is -2.12. The smallest absolute Gasteiger partial charge is 0.182 e. The van der Waals surface area contributed by atoms with Gasteiger partial charge in [0, 0.05) is 18.7 Å². The molecule has 0 atom stereocenters. The van der Waals surface area contributed by atoms with Crippen LogP contribution in [0.4, 0.5) is 5.82 Å². The lowest BCUT2D eigenvalue weighted by molar-refractivity contribution is 0.937. The molecule has 0 unspecified atom stereocenters. The fourth-order valence-corrected chi connectivity index (χ4v) is 2.96. The van der Waals surface area contributed by atoms with E-state index in [2.05, 4.69) is 43.1 Å². The zero-order valence-electron chi connectivity index (χ0n) is 11.7. The minimum atomic E-state index is 0.519. The van der Waals surface area contributed by atoms with Gasteiger partial charge in [-0.1, -0.05) is 18.5 Å². The van der Waals surface area contributed by atoms with Crippen molar-refractivity contribution in [3.8, 4) is 11.5 Å². The highest BCUT2D eigenvalue weighted by Gasteiger charge is 2.30. The number of aromatic nitrogens is 3. The SMILES string of the molecule is CCCNc1nc(-c2ncccc2Cl)nc(C2CC2)c1Br. The van der Waals surface area contributed by atoms with E-state index in [0.717, 1.165) is 29.0 Å². The molecule has 110 valence electrons. The molecule has 21 heavy (non-hydrogen) atoms. The molecule has 0 radical (unpaired) electrons. The Hall–Kier alpha value is -1.20.